The molecule has 0 aromatic carbocycles. The number of rotatable bonds is 9. The first-order valence-electron chi connectivity index (χ1n) is 15.0. The highest BCUT2D eigenvalue weighted by Crippen LogP contribution is 2.69. The molecule has 0 unspecified atom stereocenters. The van der Waals surface area contributed by atoms with Crippen LogP contribution in [0.15, 0.2) is 0 Å². The van der Waals surface area contributed by atoms with Gasteiger partial charge in [-0.05, 0) is 86.9 Å². The van der Waals surface area contributed by atoms with Gasteiger partial charge in [-0.3, -0.25) is 9.59 Å². The number of hydrogen-bond acceptors (Lipinski definition) is 2. The molecule has 34 heavy (non-hydrogen) atoms. The zero-order chi connectivity index (χ0) is 24.0. The second-order valence-electron chi connectivity index (χ2n) is 12.4. The van der Waals surface area contributed by atoms with Crippen LogP contribution in [0.1, 0.15) is 141 Å². The molecule has 0 radical (unpaired) electrons. The van der Waals surface area contributed by atoms with Crippen LogP contribution in [0.4, 0.5) is 0 Å². The number of carboxylic acids is 2. The lowest BCUT2D eigenvalue weighted by atomic mass is 9.38. The molecule has 0 aliphatic heterocycles. The smallest absolute Gasteiger partial charge is 0.310 e. The largest absolute Gasteiger partial charge is 0.481 e. The molecule has 0 atom stereocenters. The van der Waals surface area contributed by atoms with Crippen molar-refractivity contribution in [3.05, 3.63) is 0 Å². The maximum absolute atomic E-state index is 14.0. The molecule has 0 spiro atoms. The summed E-state index contributed by atoms with van der Waals surface area (Å²) in [5.74, 6) is -0.0679. The van der Waals surface area contributed by atoms with Gasteiger partial charge in [0.05, 0.1) is 5.41 Å². The monoisotopic (exact) mass is 474 g/mol. The van der Waals surface area contributed by atoms with Crippen molar-refractivity contribution in [2.24, 2.45) is 34.5 Å². The van der Waals surface area contributed by atoms with Gasteiger partial charge in [0, 0.05) is 6.42 Å². The Bertz CT molecular complexity index is 625. The van der Waals surface area contributed by atoms with Crippen LogP contribution in [0, 0.1) is 34.5 Å². The van der Waals surface area contributed by atoms with Gasteiger partial charge in [0.1, 0.15) is 0 Å². The van der Waals surface area contributed by atoms with Crippen LogP contribution in [0.25, 0.3) is 0 Å². The van der Waals surface area contributed by atoms with E-state index in [-0.39, 0.29) is 23.7 Å². The molecule has 0 bridgehead atoms. The minimum atomic E-state index is -0.743. The van der Waals surface area contributed by atoms with Crippen LogP contribution in [0.3, 0.4) is 0 Å². The van der Waals surface area contributed by atoms with E-state index >= 15 is 0 Å². The van der Waals surface area contributed by atoms with Gasteiger partial charge in [-0.2, -0.15) is 0 Å². The van der Waals surface area contributed by atoms with Crippen molar-refractivity contribution >= 4 is 11.9 Å². The lowest BCUT2D eigenvalue weighted by Gasteiger charge is -2.64. The Kier molecular flexibility index (Phi) is 9.02. The van der Waals surface area contributed by atoms with Crippen LogP contribution in [-0.4, -0.2) is 22.2 Å². The molecule has 194 valence electrons. The fourth-order valence-corrected chi connectivity index (χ4v) is 9.93. The minimum Gasteiger partial charge on any atom is -0.481 e. The number of carbonyl (C=O) groups is 2. The highest BCUT2D eigenvalue weighted by atomic mass is 16.4. The Balaban J connectivity index is 1.94. The lowest BCUT2D eigenvalue weighted by molar-refractivity contribution is -0.209. The molecule has 0 saturated heterocycles. The van der Waals surface area contributed by atoms with Crippen LogP contribution in [-0.2, 0) is 9.59 Å². The normalized spacial score (nSPS) is 25.3. The number of hydrogen-bond donors (Lipinski definition) is 2. The van der Waals surface area contributed by atoms with Crippen LogP contribution in [0.2, 0.25) is 0 Å². The molecule has 0 heterocycles. The first-order chi connectivity index (χ1) is 16.5. The molecule has 2 N–H and O–H groups in total. The van der Waals surface area contributed by atoms with Crippen molar-refractivity contribution in [2.75, 3.05) is 0 Å². The number of aliphatic carboxylic acids is 2. The highest BCUT2D eigenvalue weighted by Gasteiger charge is 2.67. The second kappa shape index (κ2) is 11.8. The van der Waals surface area contributed by atoms with E-state index in [2.05, 4.69) is 0 Å². The Hall–Kier alpha value is -1.06. The highest BCUT2D eigenvalue weighted by molar-refractivity contribution is 5.77. The average Bonchev–Trinajstić information content (AvgIpc) is 2.88. The van der Waals surface area contributed by atoms with Crippen molar-refractivity contribution in [3.63, 3.8) is 0 Å². The van der Waals surface area contributed by atoms with E-state index in [4.69, 9.17) is 0 Å². The van der Waals surface area contributed by atoms with Gasteiger partial charge in [-0.15, -0.1) is 0 Å². The molecule has 4 aliphatic rings. The zero-order valence-electron chi connectivity index (χ0n) is 21.6. The minimum absolute atomic E-state index is 0.140. The van der Waals surface area contributed by atoms with Crippen molar-refractivity contribution < 1.29 is 19.8 Å². The molecule has 0 aromatic heterocycles. The van der Waals surface area contributed by atoms with Crippen LogP contribution >= 0.6 is 0 Å². The van der Waals surface area contributed by atoms with Crippen molar-refractivity contribution in [3.8, 4) is 0 Å². The van der Waals surface area contributed by atoms with Gasteiger partial charge in [0.15, 0.2) is 0 Å². The molecule has 0 aromatic rings. The summed E-state index contributed by atoms with van der Waals surface area (Å²) in [6, 6.07) is 0. The Morgan fingerprint density at radius 1 is 0.529 bits per heavy atom. The van der Waals surface area contributed by atoms with Crippen LogP contribution < -0.4 is 0 Å². The van der Waals surface area contributed by atoms with E-state index < -0.39 is 17.4 Å². The molecule has 4 saturated carbocycles. The Labute approximate surface area is 207 Å². The molecule has 0 amide bonds. The first-order valence-corrected chi connectivity index (χ1v) is 15.0. The quantitative estimate of drug-likeness (QED) is 0.353. The predicted molar refractivity (Wildman–Crippen MR) is 136 cm³/mol. The summed E-state index contributed by atoms with van der Waals surface area (Å²) in [4.78, 5) is 26.2. The van der Waals surface area contributed by atoms with Gasteiger partial charge in [0.2, 0.25) is 0 Å². The molecular weight excluding hydrogens is 424 g/mol. The summed E-state index contributed by atoms with van der Waals surface area (Å²) < 4.78 is 0. The third-order valence-electron chi connectivity index (χ3n) is 11.0. The summed E-state index contributed by atoms with van der Waals surface area (Å²) in [6.45, 7) is 0. The molecule has 4 heteroatoms. The predicted octanol–water partition coefficient (Wildman–Crippen LogP) is 8.23. The zero-order valence-corrected chi connectivity index (χ0v) is 21.6. The van der Waals surface area contributed by atoms with Gasteiger partial charge >= 0.3 is 11.9 Å². The topological polar surface area (TPSA) is 74.6 Å². The van der Waals surface area contributed by atoms with Gasteiger partial charge in [0.25, 0.3) is 0 Å². The third-order valence-corrected chi connectivity index (χ3v) is 11.0. The second-order valence-corrected chi connectivity index (χ2v) is 12.4. The summed E-state index contributed by atoms with van der Waals surface area (Å²) in [5, 5.41) is 21.5. The molecule has 4 rings (SSSR count). The van der Waals surface area contributed by atoms with E-state index in [1.807, 2.05) is 0 Å². The average molecular weight is 475 g/mol. The Morgan fingerprint density at radius 3 is 1.15 bits per heavy atom. The van der Waals surface area contributed by atoms with Gasteiger partial charge in [-0.25, -0.2) is 0 Å². The fraction of sp³-hybridized carbons (Fsp3) is 0.933. The van der Waals surface area contributed by atoms with E-state index in [0.717, 1.165) is 77.0 Å². The maximum Gasteiger partial charge on any atom is 0.310 e. The standard InChI is InChI=1S/C30H50O4/c31-27(32)21-22-29(23-13-5-1-6-14-23,24-15-7-2-8-16-24)30(28(33)34,25-17-9-3-10-18-25)26-19-11-4-12-20-26/h23-26H,1-22H2,(H,31,32)(H,33,34). The first kappa shape index (κ1) is 26.0. The summed E-state index contributed by atoms with van der Waals surface area (Å²) in [6.07, 6.45) is 23.7. The number of carboxylic acid groups (broad SMARTS) is 2. The van der Waals surface area contributed by atoms with Crippen molar-refractivity contribution in [2.45, 2.75) is 141 Å². The van der Waals surface area contributed by atoms with Gasteiger partial charge in [-0.1, -0.05) is 77.0 Å². The van der Waals surface area contributed by atoms with E-state index in [9.17, 15) is 19.8 Å². The summed E-state index contributed by atoms with van der Waals surface area (Å²) >= 11 is 0. The van der Waals surface area contributed by atoms with Crippen molar-refractivity contribution in [1.82, 2.24) is 0 Å². The van der Waals surface area contributed by atoms with E-state index in [1.165, 1.54) is 51.4 Å². The molecule has 4 aliphatic carbocycles. The van der Waals surface area contributed by atoms with Crippen LogP contribution in [0.5, 0.6) is 0 Å². The SMILES string of the molecule is O=C(O)CCC(C1CCCCC1)(C1CCCCC1)C(C(=O)O)(C1CCCCC1)C1CCCCC1. The molecule has 4 nitrogen and oxygen atoms in total. The Morgan fingerprint density at radius 2 is 0.853 bits per heavy atom. The van der Waals surface area contributed by atoms with Crippen molar-refractivity contribution in [1.29, 1.82) is 0 Å². The van der Waals surface area contributed by atoms with Gasteiger partial charge < -0.3 is 10.2 Å². The third kappa shape index (κ3) is 4.81. The molecular formula is C30H50O4. The maximum atomic E-state index is 14.0. The summed E-state index contributed by atoms with van der Waals surface area (Å²) in [5.41, 5.74) is -1.10. The lowest BCUT2D eigenvalue weighted by Crippen LogP contribution is -2.64. The summed E-state index contributed by atoms with van der Waals surface area (Å²) in [7, 11) is 0. The molecule has 4 fully saturated rings. The van der Waals surface area contributed by atoms with E-state index in [0.29, 0.717) is 18.3 Å². The fourth-order valence-electron chi connectivity index (χ4n) is 9.93. The van der Waals surface area contributed by atoms with E-state index in [1.54, 1.807) is 0 Å².